The molecule has 0 fully saturated rings. The Hall–Kier alpha value is -2.50. The predicted octanol–water partition coefficient (Wildman–Crippen LogP) is 3.87. The van der Waals surface area contributed by atoms with Crippen molar-refractivity contribution >= 4 is 57.1 Å². The van der Waals surface area contributed by atoms with Crippen LogP contribution in [0.15, 0.2) is 40.1 Å². The van der Waals surface area contributed by atoms with Crippen LogP contribution in [0.4, 0.5) is 15.2 Å². The van der Waals surface area contributed by atoms with Crippen molar-refractivity contribution < 1.29 is 18.7 Å². The zero-order valence-corrected chi connectivity index (χ0v) is 17.0. The molecule has 0 unspecified atom stereocenters. The van der Waals surface area contributed by atoms with Crippen LogP contribution in [0.5, 0.6) is 0 Å². The van der Waals surface area contributed by atoms with E-state index in [0.717, 1.165) is 5.56 Å². The summed E-state index contributed by atoms with van der Waals surface area (Å²) in [6, 6.07) is 7.83. The van der Waals surface area contributed by atoms with Crippen LogP contribution in [-0.4, -0.2) is 34.9 Å². The largest absolute Gasteiger partial charge is 0.465 e. The van der Waals surface area contributed by atoms with E-state index < -0.39 is 5.97 Å². The molecule has 2 aromatic heterocycles. The van der Waals surface area contributed by atoms with E-state index in [-0.39, 0.29) is 17.5 Å². The third-order valence-corrected chi connectivity index (χ3v) is 6.31. The molecule has 0 aliphatic heterocycles. The zero-order valence-electron chi connectivity index (χ0n) is 14.6. The van der Waals surface area contributed by atoms with E-state index in [9.17, 15) is 14.0 Å². The number of thiophene rings is 1. The van der Waals surface area contributed by atoms with Gasteiger partial charge < -0.3 is 15.4 Å². The number of nitrogens with one attached hydrogen (secondary N) is 2. The second-order valence-corrected chi connectivity index (χ2v) is 8.46. The molecule has 0 atom stereocenters. The van der Waals surface area contributed by atoms with Gasteiger partial charge in [0.2, 0.25) is 11.0 Å². The Morgan fingerprint density at radius 1 is 1.21 bits per heavy atom. The molecule has 0 saturated heterocycles. The van der Waals surface area contributed by atoms with Crippen LogP contribution >= 0.6 is 34.4 Å². The highest BCUT2D eigenvalue weighted by Crippen LogP contribution is 2.27. The minimum Gasteiger partial charge on any atom is -0.465 e. The number of halogens is 1. The summed E-state index contributed by atoms with van der Waals surface area (Å²) in [5.74, 6) is -0.899. The number of methoxy groups -OCH3 is 1. The third kappa shape index (κ3) is 5.50. The number of ether oxygens (including phenoxy) is 1. The van der Waals surface area contributed by atoms with Gasteiger partial charge in [0, 0.05) is 6.54 Å². The van der Waals surface area contributed by atoms with Crippen molar-refractivity contribution in [3.05, 3.63) is 52.0 Å². The first-order chi connectivity index (χ1) is 13.5. The molecule has 3 rings (SSSR count). The summed E-state index contributed by atoms with van der Waals surface area (Å²) in [5.41, 5.74) is 1.35. The standard InChI is InChI=1S/C17H15FN4O3S3/c1-25-15(24)14-12(6-7-26-14)20-13(23)9-27-17-22-21-16(28-17)19-8-10-2-4-11(18)5-3-10/h2-7H,8-9H2,1H3,(H,19,21)(H,20,23). The molecule has 0 spiro atoms. The van der Waals surface area contributed by atoms with Gasteiger partial charge in [0.15, 0.2) is 4.34 Å². The first-order valence-electron chi connectivity index (χ1n) is 7.95. The van der Waals surface area contributed by atoms with Gasteiger partial charge in [-0.05, 0) is 29.1 Å². The maximum atomic E-state index is 12.9. The summed E-state index contributed by atoms with van der Waals surface area (Å²) in [7, 11) is 1.29. The number of benzene rings is 1. The number of esters is 1. The molecule has 7 nitrogen and oxygen atoms in total. The van der Waals surface area contributed by atoms with Crippen LogP contribution in [0.25, 0.3) is 0 Å². The number of nitrogens with zero attached hydrogens (tertiary/aromatic N) is 2. The zero-order chi connectivity index (χ0) is 19.9. The molecule has 1 amide bonds. The van der Waals surface area contributed by atoms with E-state index >= 15 is 0 Å². The highest BCUT2D eigenvalue weighted by molar-refractivity contribution is 8.01. The molecule has 0 aliphatic rings. The van der Waals surface area contributed by atoms with E-state index in [1.807, 2.05) is 0 Å². The minimum absolute atomic E-state index is 0.128. The first-order valence-corrected chi connectivity index (χ1v) is 10.6. The Morgan fingerprint density at radius 3 is 2.75 bits per heavy atom. The van der Waals surface area contributed by atoms with Crippen molar-refractivity contribution in [1.29, 1.82) is 0 Å². The minimum atomic E-state index is -0.487. The fourth-order valence-corrected chi connectivity index (χ4v) is 4.40. The summed E-state index contributed by atoms with van der Waals surface area (Å²) in [6.45, 7) is 0.495. The Labute approximate surface area is 172 Å². The van der Waals surface area contributed by atoms with Crippen LogP contribution in [0, 0.1) is 5.82 Å². The molecule has 0 bridgehead atoms. The normalized spacial score (nSPS) is 10.5. The average molecular weight is 439 g/mol. The second-order valence-electron chi connectivity index (χ2n) is 5.34. The molecule has 0 radical (unpaired) electrons. The van der Waals surface area contributed by atoms with Crippen molar-refractivity contribution in [3.8, 4) is 0 Å². The SMILES string of the molecule is COC(=O)c1sccc1NC(=O)CSc1nnc(NCc2ccc(F)cc2)s1. The summed E-state index contributed by atoms with van der Waals surface area (Å²) in [6.07, 6.45) is 0. The van der Waals surface area contributed by atoms with Gasteiger partial charge in [0.25, 0.3) is 0 Å². The maximum Gasteiger partial charge on any atom is 0.350 e. The fraction of sp³-hybridized carbons (Fsp3) is 0.176. The molecule has 1 aromatic carbocycles. The van der Waals surface area contributed by atoms with E-state index in [2.05, 4.69) is 25.6 Å². The molecule has 0 saturated carbocycles. The number of rotatable bonds is 8. The van der Waals surface area contributed by atoms with Crippen LogP contribution in [0.2, 0.25) is 0 Å². The van der Waals surface area contributed by atoms with Gasteiger partial charge in [-0.2, -0.15) is 0 Å². The lowest BCUT2D eigenvalue weighted by Gasteiger charge is -2.04. The second kappa shape index (κ2) is 9.62. The Kier molecular flexibility index (Phi) is 6.95. The maximum absolute atomic E-state index is 12.9. The molecular formula is C17H15FN4O3S3. The van der Waals surface area contributed by atoms with Gasteiger partial charge in [0.05, 0.1) is 18.6 Å². The number of thioether (sulfide) groups is 1. The summed E-state index contributed by atoms with van der Waals surface area (Å²) in [4.78, 5) is 24.1. The number of amides is 1. The number of carbonyl (C=O) groups excluding carboxylic acids is 2. The summed E-state index contributed by atoms with van der Waals surface area (Å²) < 4.78 is 18.2. The van der Waals surface area contributed by atoms with Gasteiger partial charge >= 0.3 is 5.97 Å². The molecule has 3 aromatic rings. The van der Waals surface area contributed by atoms with Crippen molar-refractivity contribution in [3.63, 3.8) is 0 Å². The van der Waals surface area contributed by atoms with Crippen LogP contribution in [0.3, 0.4) is 0 Å². The topological polar surface area (TPSA) is 93.2 Å². The number of anilines is 2. The van der Waals surface area contributed by atoms with E-state index in [1.165, 1.54) is 53.7 Å². The highest BCUT2D eigenvalue weighted by Gasteiger charge is 2.16. The van der Waals surface area contributed by atoms with Gasteiger partial charge in [-0.25, -0.2) is 9.18 Å². The molecule has 2 N–H and O–H groups in total. The molecule has 11 heteroatoms. The lowest BCUT2D eigenvalue weighted by atomic mass is 10.2. The van der Waals surface area contributed by atoms with E-state index in [1.54, 1.807) is 23.6 Å². The van der Waals surface area contributed by atoms with Crippen LogP contribution in [-0.2, 0) is 16.1 Å². The molecular weight excluding hydrogens is 423 g/mol. The number of aromatic nitrogens is 2. The Balaban J connectivity index is 1.47. The number of carbonyl (C=O) groups is 2. The van der Waals surface area contributed by atoms with Crippen LogP contribution < -0.4 is 10.6 Å². The molecule has 28 heavy (non-hydrogen) atoms. The van der Waals surface area contributed by atoms with Gasteiger partial charge in [-0.15, -0.1) is 21.5 Å². The van der Waals surface area contributed by atoms with Crippen LogP contribution in [0.1, 0.15) is 15.2 Å². The van der Waals surface area contributed by atoms with Gasteiger partial charge in [-0.1, -0.05) is 35.2 Å². The Bertz CT molecular complexity index is 959. The molecule has 0 aliphatic carbocycles. The summed E-state index contributed by atoms with van der Waals surface area (Å²) >= 11 is 3.77. The molecule has 146 valence electrons. The predicted molar refractivity (Wildman–Crippen MR) is 109 cm³/mol. The number of hydrogen-bond acceptors (Lipinski definition) is 9. The average Bonchev–Trinajstić information content (AvgIpc) is 3.35. The van der Waals surface area contributed by atoms with E-state index in [4.69, 9.17) is 0 Å². The lowest BCUT2D eigenvalue weighted by Crippen LogP contribution is -2.15. The smallest absolute Gasteiger partial charge is 0.350 e. The summed E-state index contributed by atoms with van der Waals surface area (Å²) in [5, 5.41) is 16.2. The highest BCUT2D eigenvalue weighted by atomic mass is 32.2. The monoisotopic (exact) mass is 438 g/mol. The molecule has 2 heterocycles. The van der Waals surface area contributed by atoms with Crippen molar-refractivity contribution in [1.82, 2.24) is 10.2 Å². The number of hydrogen-bond donors (Lipinski definition) is 2. The van der Waals surface area contributed by atoms with Gasteiger partial charge in [0.1, 0.15) is 10.7 Å². The fourth-order valence-electron chi connectivity index (χ4n) is 2.09. The van der Waals surface area contributed by atoms with Crippen molar-refractivity contribution in [2.24, 2.45) is 0 Å². The van der Waals surface area contributed by atoms with Crippen molar-refractivity contribution in [2.75, 3.05) is 23.5 Å². The Morgan fingerprint density at radius 2 is 2.00 bits per heavy atom. The van der Waals surface area contributed by atoms with E-state index in [0.29, 0.717) is 26.6 Å². The first kappa shape index (κ1) is 20.2. The van der Waals surface area contributed by atoms with Crippen molar-refractivity contribution in [2.45, 2.75) is 10.9 Å². The van der Waals surface area contributed by atoms with Gasteiger partial charge in [-0.3, -0.25) is 4.79 Å². The third-order valence-electron chi connectivity index (χ3n) is 3.40. The quantitative estimate of drug-likeness (QED) is 0.407. The lowest BCUT2D eigenvalue weighted by molar-refractivity contribution is -0.113.